The van der Waals surface area contributed by atoms with Crippen molar-refractivity contribution >= 4 is 17.2 Å². The topological polar surface area (TPSA) is 46.0 Å². The SMILES string of the molecule is CCCCCCCCCCCCCc1nc2c(Cl)c(C(C)(C)C)[nH]n2n1. The first-order chi connectivity index (χ1) is 12.4. The van der Waals surface area contributed by atoms with Gasteiger partial charge < -0.3 is 0 Å². The van der Waals surface area contributed by atoms with Crippen molar-refractivity contribution in [3.05, 3.63) is 16.5 Å². The maximum absolute atomic E-state index is 6.47. The Hall–Kier alpha value is -1.03. The third-order valence-corrected chi connectivity index (χ3v) is 5.40. The lowest BCUT2D eigenvalue weighted by molar-refractivity contribution is 0.545. The molecule has 148 valence electrons. The zero-order valence-electron chi connectivity index (χ0n) is 17.2. The van der Waals surface area contributed by atoms with Crippen LogP contribution in [0.15, 0.2) is 0 Å². The first kappa shape index (κ1) is 21.3. The molecule has 5 heteroatoms. The number of nitrogens with zero attached hydrogens (tertiary/aromatic N) is 3. The molecule has 0 saturated heterocycles. The molecule has 0 bridgehead atoms. The first-order valence-corrected chi connectivity index (χ1v) is 10.9. The highest BCUT2D eigenvalue weighted by molar-refractivity contribution is 6.34. The Morgan fingerprint density at radius 1 is 0.885 bits per heavy atom. The van der Waals surface area contributed by atoms with E-state index in [1.165, 1.54) is 64.2 Å². The molecule has 0 radical (unpaired) electrons. The number of nitrogens with one attached hydrogen (secondary N) is 1. The lowest BCUT2D eigenvalue weighted by atomic mass is 9.92. The molecule has 2 heterocycles. The molecule has 0 aliphatic rings. The van der Waals surface area contributed by atoms with Crippen LogP contribution in [0.2, 0.25) is 5.02 Å². The molecule has 0 unspecified atom stereocenters. The van der Waals surface area contributed by atoms with Gasteiger partial charge in [0.25, 0.3) is 0 Å². The van der Waals surface area contributed by atoms with Crippen LogP contribution in [0.3, 0.4) is 0 Å². The summed E-state index contributed by atoms with van der Waals surface area (Å²) in [5, 5.41) is 8.54. The van der Waals surface area contributed by atoms with E-state index in [0.717, 1.165) is 30.0 Å². The fourth-order valence-electron chi connectivity index (χ4n) is 3.39. The molecule has 0 atom stereocenters. The monoisotopic (exact) mass is 380 g/mol. The van der Waals surface area contributed by atoms with Gasteiger partial charge in [0.15, 0.2) is 11.5 Å². The number of H-pyrrole nitrogens is 1. The summed E-state index contributed by atoms with van der Waals surface area (Å²) >= 11 is 6.47. The second-order valence-electron chi connectivity index (χ2n) is 8.60. The van der Waals surface area contributed by atoms with Gasteiger partial charge in [0.1, 0.15) is 5.02 Å². The van der Waals surface area contributed by atoms with E-state index in [2.05, 4.69) is 42.9 Å². The van der Waals surface area contributed by atoms with Crippen molar-refractivity contribution in [2.75, 3.05) is 0 Å². The summed E-state index contributed by atoms with van der Waals surface area (Å²) in [7, 11) is 0. The number of fused-ring (bicyclic) bond motifs is 1. The van der Waals surface area contributed by atoms with Crippen molar-refractivity contribution in [3.8, 4) is 0 Å². The Balaban J connectivity index is 1.62. The van der Waals surface area contributed by atoms with E-state index < -0.39 is 0 Å². The minimum atomic E-state index is -0.0321. The average Bonchev–Trinajstić information content (AvgIpc) is 3.11. The molecule has 2 aromatic rings. The van der Waals surface area contributed by atoms with Gasteiger partial charge in [-0.2, -0.15) is 4.63 Å². The van der Waals surface area contributed by atoms with Gasteiger partial charge in [-0.05, 0) is 6.42 Å². The minimum Gasteiger partial charge on any atom is -0.278 e. The number of aromatic amines is 1. The zero-order valence-corrected chi connectivity index (χ0v) is 18.0. The van der Waals surface area contributed by atoms with Gasteiger partial charge in [0.2, 0.25) is 0 Å². The van der Waals surface area contributed by atoms with Gasteiger partial charge >= 0.3 is 0 Å². The number of halogens is 1. The van der Waals surface area contributed by atoms with Crippen LogP contribution in [0.4, 0.5) is 0 Å². The molecule has 0 spiro atoms. The molecule has 4 nitrogen and oxygen atoms in total. The number of hydrogen-bond acceptors (Lipinski definition) is 2. The Morgan fingerprint density at radius 2 is 1.42 bits per heavy atom. The summed E-state index contributed by atoms with van der Waals surface area (Å²) in [6.07, 6.45) is 15.9. The summed E-state index contributed by atoms with van der Waals surface area (Å²) in [6.45, 7) is 8.68. The van der Waals surface area contributed by atoms with E-state index in [1.54, 1.807) is 4.63 Å². The number of hydrogen-bond donors (Lipinski definition) is 1. The lowest BCUT2D eigenvalue weighted by Gasteiger charge is -2.16. The molecule has 2 aromatic heterocycles. The van der Waals surface area contributed by atoms with Crippen LogP contribution in [-0.2, 0) is 11.8 Å². The quantitative estimate of drug-likeness (QED) is 0.408. The van der Waals surface area contributed by atoms with E-state index in [9.17, 15) is 0 Å². The van der Waals surface area contributed by atoms with Crippen LogP contribution in [0, 0.1) is 0 Å². The van der Waals surface area contributed by atoms with Crippen molar-refractivity contribution < 1.29 is 0 Å². The van der Waals surface area contributed by atoms with Crippen LogP contribution in [0.25, 0.3) is 5.65 Å². The molecule has 0 amide bonds. The molecule has 0 aromatic carbocycles. The Morgan fingerprint density at radius 3 is 1.92 bits per heavy atom. The number of aromatic nitrogens is 4. The molecule has 0 aliphatic heterocycles. The van der Waals surface area contributed by atoms with E-state index >= 15 is 0 Å². The van der Waals surface area contributed by atoms with E-state index in [4.69, 9.17) is 11.6 Å². The number of rotatable bonds is 12. The minimum absolute atomic E-state index is 0.0321. The van der Waals surface area contributed by atoms with Crippen molar-refractivity contribution in [1.29, 1.82) is 0 Å². The second kappa shape index (κ2) is 10.3. The normalized spacial score (nSPS) is 12.3. The van der Waals surface area contributed by atoms with Crippen molar-refractivity contribution in [2.45, 2.75) is 110 Å². The molecule has 0 saturated carbocycles. The Kier molecular flexibility index (Phi) is 8.46. The van der Waals surface area contributed by atoms with Gasteiger partial charge in [-0.15, -0.1) is 5.10 Å². The maximum Gasteiger partial charge on any atom is 0.194 e. The van der Waals surface area contributed by atoms with E-state index in [0.29, 0.717) is 5.02 Å². The number of aryl methyl sites for hydroxylation is 1. The molecular weight excluding hydrogens is 344 g/mol. The molecular formula is C21H37ClN4. The van der Waals surface area contributed by atoms with Gasteiger partial charge in [-0.25, -0.2) is 4.98 Å². The second-order valence-corrected chi connectivity index (χ2v) is 8.98. The van der Waals surface area contributed by atoms with Crippen LogP contribution >= 0.6 is 11.6 Å². The van der Waals surface area contributed by atoms with Crippen LogP contribution in [-0.4, -0.2) is 19.8 Å². The lowest BCUT2D eigenvalue weighted by Crippen LogP contribution is -2.13. The largest absolute Gasteiger partial charge is 0.278 e. The highest BCUT2D eigenvalue weighted by atomic mass is 35.5. The molecule has 0 aliphatic carbocycles. The average molecular weight is 381 g/mol. The van der Waals surface area contributed by atoms with Crippen molar-refractivity contribution in [2.24, 2.45) is 0 Å². The van der Waals surface area contributed by atoms with Crippen LogP contribution < -0.4 is 0 Å². The van der Waals surface area contributed by atoms with Crippen molar-refractivity contribution in [1.82, 2.24) is 19.8 Å². The van der Waals surface area contributed by atoms with Gasteiger partial charge in [-0.1, -0.05) is 104 Å². The van der Waals surface area contributed by atoms with Gasteiger partial charge in [0, 0.05) is 11.8 Å². The summed E-state index contributed by atoms with van der Waals surface area (Å²) in [4.78, 5) is 4.62. The fraction of sp³-hybridized carbons (Fsp3) is 0.810. The zero-order chi connectivity index (χ0) is 19.0. The first-order valence-electron chi connectivity index (χ1n) is 10.6. The summed E-state index contributed by atoms with van der Waals surface area (Å²) in [5.41, 5.74) is 1.72. The Bertz CT molecular complexity index is 651. The van der Waals surface area contributed by atoms with Crippen LogP contribution in [0.5, 0.6) is 0 Å². The predicted molar refractivity (Wildman–Crippen MR) is 111 cm³/mol. The van der Waals surface area contributed by atoms with E-state index in [-0.39, 0.29) is 5.41 Å². The van der Waals surface area contributed by atoms with Crippen LogP contribution in [0.1, 0.15) is 110 Å². The molecule has 26 heavy (non-hydrogen) atoms. The van der Waals surface area contributed by atoms with E-state index in [1.807, 2.05) is 0 Å². The fourth-order valence-corrected chi connectivity index (χ4v) is 3.84. The molecule has 0 fully saturated rings. The predicted octanol–water partition coefficient (Wildman–Crippen LogP) is 6.86. The summed E-state index contributed by atoms with van der Waals surface area (Å²) < 4.78 is 1.73. The summed E-state index contributed by atoms with van der Waals surface area (Å²) in [6, 6.07) is 0. The Labute approximate surface area is 164 Å². The highest BCUT2D eigenvalue weighted by Gasteiger charge is 2.23. The smallest absolute Gasteiger partial charge is 0.194 e. The van der Waals surface area contributed by atoms with Gasteiger partial charge in [-0.3, -0.25) is 5.10 Å². The van der Waals surface area contributed by atoms with Gasteiger partial charge in [0.05, 0.1) is 5.69 Å². The standard InChI is InChI=1S/C21H37ClN4/c1-5-6-7-8-9-10-11-12-13-14-15-16-17-23-20-18(22)19(21(2,3)4)25-26(20)24-17/h25H,5-16H2,1-4H3. The maximum atomic E-state index is 6.47. The van der Waals surface area contributed by atoms with Crippen molar-refractivity contribution in [3.63, 3.8) is 0 Å². The number of unbranched alkanes of at least 4 members (excludes halogenated alkanes) is 10. The summed E-state index contributed by atoms with van der Waals surface area (Å²) in [5.74, 6) is 0.898. The third-order valence-electron chi connectivity index (χ3n) is 5.04. The third kappa shape index (κ3) is 6.29. The highest BCUT2D eigenvalue weighted by Crippen LogP contribution is 2.30. The molecule has 1 N–H and O–H groups in total. The molecule has 2 rings (SSSR count).